The molecule has 2 unspecified atom stereocenters. The third kappa shape index (κ3) is 2.53. The summed E-state index contributed by atoms with van der Waals surface area (Å²) in [6.45, 7) is 3.12. The smallest absolute Gasteiger partial charge is 0.138 e. The second-order valence-electron chi connectivity index (χ2n) is 4.21. The van der Waals surface area contributed by atoms with Crippen molar-refractivity contribution in [3.63, 3.8) is 0 Å². The molecule has 1 fully saturated rings. The van der Waals surface area contributed by atoms with E-state index in [1.54, 1.807) is 6.07 Å². The molecule has 0 spiro atoms. The first kappa shape index (κ1) is 11.0. The van der Waals surface area contributed by atoms with Crippen molar-refractivity contribution in [2.24, 2.45) is 11.8 Å². The number of anilines is 2. The van der Waals surface area contributed by atoms with Gasteiger partial charge in [-0.15, -0.1) is 0 Å². The Hall–Kier alpha value is -0.520. The third-order valence-electron chi connectivity index (χ3n) is 2.92. The molecular weight excluding hydrogens is 306 g/mol. The van der Waals surface area contributed by atoms with E-state index in [2.05, 4.69) is 12.2 Å². The van der Waals surface area contributed by atoms with Crippen LogP contribution in [0.2, 0.25) is 0 Å². The maximum atomic E-state index is 13.3. The number of nitrogens with one attached hydrogen (secondary N) is 1. The molecule has 0 saturated heterocycles. The first-order chi connectivity index (χ1) is 7.08. The topological polar surface area (TPSA) is 38.0 Å². The summed E-state index contributed by atoms with van der Waals surface area (Å²) >= 11 is 1.94. The van der Waals surface area contributed by atoms with E-state index in [1.807, 2.05) is 22.6 Å². The molecule has 1 aliphatic carbocycles. The molecule has 3 N–H and O–H groups in total. The molecule has 4 heteroatoms. The number of hydrogen-bond acceptors (Lipinski definition) is 2. The van der Waals surface area contributed by atoms with Crippen LogP contribution in [-0.2, 0) is 0 Å². The summed E-state index contributed by atoms with van der Waals surface area (Å²) in [5.41, 5.74) is 7.13. The zero-order chi connectivity index (χ0) is 11.0. The summed E-state index contributed by atoms with van der Waals surface area (Å²) in [6, 6.07) is 3.14. The molecule has 1 aliphatic rings. The molecule has 0 amide bonds. The largest absolute Gasteiger partial charge is 0.397 e. The number of benzene rings is 1. The summed E-state index contributed by atoms with van der Waals surface area (Å²) in [6.07, 6.45) is 1.26. The number of rotatable bonds is 3. The Morgan fingerprint density at radius 3 is 2.87 bits per heavy atom. The Morgan fingerprint density at radius 2 is 2.27 bits per heavy atom. The highest BCUT2D eigenvalue weighted by atomic mass is 127. The van der Waals surface area contributed by atoms with Crippen molar-refractivity contribution in [1.29, 1.82) is 0 Å². The molecule has 0 radical (unpaired) electrons. The lowest BCUT2D eigenvalue weighted by Gasteiger charge is -2.09. The Bertz CT molecular complexity index is 381. The van der Waals surface area contributed by atoms with Crippen LogP contribution in [-0.4, -0.2) is 6.54 Å². The minimum Gasteiger partial charge on any atom is -0.397 e. The quantitative estimate of drug-likeness (QED) is 0.663. The van der Waals surface area contributed by atoms with Gasteiger partial charge in [0.05, 0.1) is 14.9 Å². The van der Waals surface area contributed by atoms with E-state index in [4.69, 9.17) is 5.73 Å². The molecule has 15 heavy (non-hydrogen) atoms. The summed E-state index contributed by atoms with van der Waals surface area (Å²) in [5, 5.41) is 3.20. The van der Waals surface area contributed by atoms with E-state index in [0.717, 1.165) is 18.4 Å². The van der Waals surface area contributed by atoms with Crippen LogP contribution in [0.3, 0.4) is 0 Å². The molecule has 1 aromatic rings. The van der Waals surface area contributed by atoms with Crippen LogP contribution in [0.4, 0.5) is 15.8 Å². The van der Waals surface area contributed by atoms with E-state index < -0.39 is 0 Å². The molecule has 0 aliphatic heterocycles. The van der Waals surface area contributed by atoms with Crippen molar-refractivity contribution in [3.8, 4) is 0 Å². The monoisotopic (exact) mass is 320 g/mol. The second-order valence-corrected chi connectivity index (χ2v) is 5.37. The van der Waals surface area contributed by atoms with Crippen molar-refractivity contribution in [2.75, 3.05) is 17.6 Å². The average molecular weight is 320 g/mol. The van der Waals surface area contributed by atoms with Crippen LogP contribution in [0.5, 0.6) is 0 Å². The Labute approximate surface area is 103 Å². The first-order valence-corrected chi connectivity index (χ1v) is 6.14. The molecule has 2 rings (SSSR count). The van der Waals surface area contributed by atoms with Crippen molar-refractivity contribution < 1.29 is 4.39 Å². The van der Waals surface area contributed by atoms with E-state index in [1.165, 1.54) is 12.5 Å². The summed E-state index contributed by atoms with van der Waals surface area (Å²) in [7, 11) is 0. The van der Waals surface area contributed by atoms with Gasteiger partial charge < -0.3 is 11.1 Å². The van der Waals surface area contributed by atoms with Crippen molar-refractivity contribution in [1.82, 2.24) is 0 Å². The predicted molar refractivity (Wildman–Crippen MR) is 69.3 cm³/mol. The summed E-state index contributed by atoms with van der Waals surface area (Å²) in [4.78, 5) is 0. The molecule has 82 valence electrons. The van der Waals surface area contributed by atoms with Gasteiger partial charge in [-0.2, -0.15) is 0 Å². The standard InChI is InChI=1S/C11H14FIN2/c1-6-2-7(6)5-15-11-3-8(12)9(13)4-10(11)14/h3-4,6-7,15H,2,5,14H2,1H3. The van der Waals surface area contributed by atoms with Crippen molar-refractivity contribution >= 4 is 34.0 Å². The zero-order valence-corrected chi connectivity index (χ0v) is 10.7. The zero-order valence-electron chi connectivity index (χ0n) is 8.56. The maximum Gasteiger partial charge on any atom is 0.138 e. The van der Waals surface area contributed by atoms with Crippen LogP contribution in [0, 0.1) is 21.2 Å². The van der Waals surface area contributed by atoms with Gasteiger partial charge in [0.25, 0.3) is 0 Å². The Balaban J connectivity index is 2.04. The highest BCUT2D eigenvalue weighted by Gasteiger charge is 2.31. The molecule has 0 heterocycles. The van der Waals surface area contributed by atoms with Crippen LogP contribution in [0.1, 0.15) is 13.3 Å². The summed E-state index contributed by atoms with van der Waals surface area (Å²) in [5.74, 6) is 1.32. The number of nitrogen functional groups attached to an aromatic ring is 1. The summed E-state index contributed by atoms with van der Waals surface area (Å²) < 4.78 is 13.8. The normalized spacial score (nSPS) is 23.9. The highest BCUT2D eigenvalue weighted by Crippen LogP contribution is 2.38. The highest BCUT2D eigenvalue weighted by molar-refractivity contribution is 14.1. The average Bonchev–Trinajstić information content (AvgIpc) is 2.86. The van der Waals surface area contributed by atoms with Gasteiger partial charge in [-0.25, -0.2) is 4.39 Å². The van der Waals surface area contributed by atoms with Crippen molar-refractivity contribution in [2.45, 2.75) is 13.3 Å². The molecule has 1 saturated carbocycles. The Kier molecular flexibility index (Phi) is 3.04. The van der Waals surface area contributed by atoms with Crippen LogP contribution in [0.25, 0.3) is 0 Å². The van der Waals surface area contributed by atoms with E-state index in [0.29, 0.717) is 14.9 Å². The van der Waals surface area contributed by atoms with Gasteiger partial charge in [0, 0.05) is 12.6 Å². The Morgan fingerprint density at radius 1 is 1.60 bits per heavy atom. The van der Waals surface area contributed by atoms with Crippen LogP contribution < -0.4 is 11.1 Å². The van der Waals surface area contributed by atoms with E-state index >= 15 is 0 Å². The van der Waals surface area contributed by atoms with Crippen LogP contribution in [0.15, 0.2) is 12.1 Å². The SMILES string of the molecule is CC1CC1CNc1cc(F)c(I)cc1N. The molecule has 2 nitrogen and oxygen atoms in total. The molecule has 0 bridgehead atoms. The fourth-order valence-electron chi connectivity index (χ4n) is 1.64. The third-order valence-corrected chi connectivity index (χ3v) is 3.75. The van der Waals surface area contributed by atoms with Gasteiger partial charge in [-0.05, 0) is 46.9 Å². The van der Waals surface area contributed by atoms with Gasteiger partial charge in [0.2, 0.25) is 0 Å². The van der Waals surface area contributed by atoms with Gasteiger partial charge in [-0.3, -0.25) is 0 Å². The van der Waals surface area contributed by atoms with Gasteiger partial charge >= 0.3 is 0 Å². The van der Waals surface area contributed by atoms with E-state index in [-0.39, 0.29) is 5.82 Å². The second kappa shape index (κ2) is 4.15. The van der Waals surface area contributed by atoms with Gasteiger partial charge in [0.15, 0.2) is 0 Å². The molecular formula is C11H14FIN2. The number of halogens is 2. The van der Waals surface area contributed by atoms with Gasteiger partial charge in [0.1, 0.15) is 5.82 Å². The fraction of sp³-hybridized carbons (Fsp3) is 0.455. The molecule has 0 aromatic heterocycles. The lowest BCUT2D eigenvalue weighted by atomic mass is 10.2. The molecule has 1 aromatic carbocycles. The predicted octanol–water partition coefficient (Wildman–Crippen LogP) is 3.08. The minimum atomic E-state index is -0.212. The molecule has 2 atom stereocenters. The minimum absolute atomic E-state index is 0.212. The lowest BCUT2D eigenvalue weighted by molar-refractivity contribution is 0.621. The lowest BCUT2D eigenvalue weighted by Crippen LogP contribution is -2.07. The fourth-order valence-corrected chi connectivity index (χ4v) is 2.13. The van der Waals surface area contributed by atoms with Gasteiger partial charge in [-0.1, -0.05) is 6.92 Å². The number of hydrogen-bond donors (Lipinski definition) is 2. The van der Waals surface area contributed by atoms with Crippen LogP contribution >= 0.6 is 22.6 Å². The van der Waals surface area contributed by atoms with E-state index in [9.17, 15) is 4.39 Å². The first-order valence-electron chi connectivity index (χ1n) is 5.06. The number of nitrogens with two attached hydrogens (primary N) is 1. The van der Waals surface area contributed by atoms with Crippen molar-refractivity contribution in [3.05, 3.63) is 21.5 Å². The maximum absolute atomic E-state index is 13.3.